The Bertz CT molecular complexity index is 927. The van der Waals surface area contributed by atoms with Crippen LogP contribution in [0.2, 0.25) is 0 Å². The second kappa shape index (κ2) is 6.23. The quantitative estimate of drug-likeness (QED) is 0.729. The number of nitrogens with one attached hydrogen (secondary N) is 1. The van der Waals surface area contributed by atoms with Crippen LogP contribution in [0.3, 0.4) is 0 Å². The minimum atomic E-state index is -0.623. The average molecular weight is 344 g/mol. The number of aromatic nitrogens is 3. The van der Waals surface area contributed by atoms with Gasteiger partial charge in [-0.25, -0.2) is 14.4 Å². The van der Waals surface area contributed by atoms with Crippen molar-refractivity contribution in [1.82, 2.24) is 14.4 Å². The SMILES string of the molecule is CC(C)(C)CC(=O)Nc1nc2ccc(F)cn2c1-c1ccc(F)nc1. The van der Waals surface area contributed by atoms with Crippen LogP contribution in [-0.2, 0) is 4.79 Å². The maximum atomic E-state index is 13.7. The lowest BCUT2D eigenvalue weighted by Crippen LogP contribution is -2.20. The van der Waals surface area contributed by atoms with Crippen molar-refractivity contribution in [3.63, 3.8) is 0 Å². The van der Waals surface area contributed by atoms with Crippen LogP contribution in [-0.4, -0.2) is 20.3 Å². The number of halogens is 2. The van der Waals surface area contributed by atoms with Crippen molar-refractivity contribution in [3.8, 4) is 11.3 Å². The number of rotatable bonds is 3. The van der Waals surface area contributed by atoms with Crippen LogP contribution < -0.4 is 5.32 Å². The maximum Gasteiger partial charge on any atom is 0.226 e. The molecule has 130 valence electrons. The number of carbonyl (C=O) groups is 1. The van der Waals surface area contributed by atoms with Gasteiger partial charge < -0.3 is 5.32 Å². The first-order valence-electron chi connectivity index (χ1n) is 7.82. The normalized spacial score (nSPS) is 11.7. The number of amides is 1. The van der Waals surface area contributed by atoms with Gasteiger partial charge >= 0.3 is 0 Å². The van der Waals surface area contributed by atoms with Gasteiger partial charge in [0, 0.05) is 24.4 Å². The van der Waals surface area contributed by atoms with E-state index in [1.807, 2.05) is 20.8 Å². The van der Waals surface area contributed by atoms with Crippen LogP contribution >= 0.6 is 0 Å². The number of anilines is 1. The number of pyridine rings is 2. The van der Waals surface area contributed by atoms with Gasteiger partial charge in [0.1, 0.15) is 11.5 Å². The number of hydrogen-bond donors (Lipinski definition) is 1. The van der Waals surface area contributed by atoms with E-state index in [0.717, 1.165) is 0 Å². The minimum Gasteiger partial charge on any atom is -0.309 e. The number of imidazole rings is 1. The molecule has 25 heavy (non-hydrogen) atoms. The second-order valence-corrected chi connectivity index (χ2v) is 7.04. The highest BCUT2D eigenvalue weighted by atomic mass is 19.1. The van der Waals surface area contributed by atoms with E-state index in [1.165, 1.54) is 41.1 Å². The first-order chi connectivity index (χ1) is 11.7. The van der Waals surface area contributed by atoms with Crippen LogP contribution in [0.15, 0.2) is 36.7 Å². The summed E-state index contributed by atoms with van der Waals surface area (Å²) >= 11 is 0. The molecule has 3 heterocycles. The molecular weight excluding hydrogens is 326 g/mol. The molecule has 0 saturated heterocycles. The van der Waals surface area contributed by atoms with Gasteiger partial charge in [-0.15, -0.1) is 0 Å². The first-order valence-corrected chi connectivity index (χ1v) is 7.82. The average Bonchev–Trinajstić information content (AvgIpc) is 2.83. The number of carbonyl (C=O) groups excluding carboxylic acids is 1. The van der Waals surface area contributed by atoms with Crippen molar-refractivity contribution in [1.29, 1.82) is 0 Å². The van der Waals surface area contributed by atoms with E-state index in [9.17, 15) is 13.6 Å². The third-order valence-electron chi connectivity index (χ3n) is 3.53. The highest BCUT2D eigenvalue weighted by Gasteiger charge is 2.20. The van der Waals surface area contributed by atoms with Crippen LogP contribution in [0.5, 0.6) is 0 Å². The molecule has 0 fully saturated rings. The Kier molecular flexibility index (Phi) is 4.24. The van der Waals surface area contributed by atoms with Crippen LogP contribution in [0, 0.1) is 17.2 Å². The van der Waals surface area contributed by atoms with Crippen molar-refractivity contribution in [2.45, 2.75) is 27.2 Å². The van der Waals surface area contributed by atoms with E-state index in [-0.39, 0.29) is 17.1 Å². The predicted octanol–water partition coefficient (Wildman–Crippen LogP) is 4.05. The molecule has 0 spiro atoms. The second-order valence-electron chi connectivity index (χ2n) is 7.04. The Balaban J connectivity index is 2.09. The molecule has 3 rings (SSSR count). The molecule has 0 aliphatic rings. The zero-order valence-electron chi connectivity index (χ0n) is 14.2. The fraction of sp³-hybridized carbons (Fsp3) is 0.278. The summed E-state index contributed by atoms with van der Waals surface area (Å²) in [4.78, 5) is 20.3. The zero-order valence-corrected chi connectivity index (χ0v) is 14.2. The van der Waals surface area contributed by atoms with Crippen LogP contribution in [0.1, 0.15) is 27.2 Å². The molecule has 1 amide bonds. The smallest absolute Gasteiger partial charge is 0.226 e. The molecule has 0 radical (unpaired) electrons. The van der Waals surface area contributed by atoms with Crippen molar-refractivity contribution < 1.29 is 13.6 Å². The van der Waals surface area contributed by atoms with Gasteiger partial charge in [-0.1, -0.05) is 20.8 Å². The lowest BCUT2D eigenvalue weighted by Gasteiger charge is -2.17. The molecule has 3 aromatic heterocycles. The summed E-state index contributed by atoms with van der Waals surface area (Å²) < 4.78 is 28.3. The van der Waals surface area contributed by atoms with Gasteiger partial charge in [-0.3, -0.25) is 9.20 Å². The number of nitrogens with zero attached hydrogens (tertiary/aromatic N) is 3. The van der Waals surface area contributed by atoms with Crippen LogP contribution in [0.25, 0.3) is 16.9 Å². The van der Waals surface area contributed by atoms with Crippen LogP contribution in [0.4, 0.5) is 14.6 Å². The molecule has 3 aromatic rings. The van der Waals surface area contributed by atoms with Gasteiger partial charge in [-0.2, -0.15) is 4.39 Å². The predicted molar refractivity (Wildman–Crippen MR) is 91.0 cm³/mol. The molecule has 0 unspecified atom stereocenters. The summed E-state index contributed by atoms with van der Waals surface area (Å²) in [5, 5.41) is 2.77. The Hall–Kier alpha value is -2.83. The van der Waals surface area contributed by atoms with E-state index >= 15 is 0 Å². The number of fused-ring (bicyclic) bond motifs is 1. The van der Waals surface area contributed by atoms with E-state index in [4.69, 9.17) is 0 Å². The lowest BCUT2D eigenvalue weighted by molar-refractivity contribution is -0.117. The summed E-state index contributed by atoms with van der Waals surface area (Å²) in [5.74, 6) is -0.989. The standard InChI is InChI=1S/C18H18F2N4O/c1-18(2,3)8-15(25)23-17-16(11-4-6-13(20)21-9-11)24-10-12(19)5-7-14(24)22-17/h4-7,9-10H,8H2,1-3H3,(H,23,25). The van der Waals surface area contributed by atoms with Gasteiger partial charge in [-0.05, 0) is 29.7 Å². The Morgan fingerprint density at radius 1 is 1.20 bits per heavy atom. The molecular formula is C18H18F2N4O. The summed E-state index contributed by atoms with van der Waals surface area (Å²) in [5.41, 5.74) is 1.24. The van der Waals surface area contributed by atoms with E-state index in [2.05, 4.69) is 15.3 Å². The Morgan fingerprint density at radius 3 is 2.60 bits per heavy atom. The molecule has 1 N–H and O–H groups in total. The van der Waals surface area contributed by atoms with E-state index in [1.54, 1.807) is 0 Å². The van der Waals surface area contributed by atoms with Gasteiger partial charge in [0.05, 0.1) is 5.69 Å². The van der Waals surface area contributed by atoms with E-state index < -0.39 is 11.8 Å². The Morgan fingerprint density at radius 2 is 1.96 bits per heavy atom. The maximum absolute atomic E-state index is 13.7. The van der Waals surface area contributed by atoms with Crippen molar-refractivity contribution >= 4 is 17.4 Å². The topological polar surface area (TPSA) is 59.3 Å². The monoisotopic (exact) mass is 344 g/mol. The van der Waals surface area contributed by atoms with Gasteiger partial charge in [0.25, 0.3) is 0 Å². The summed E-state index contributed by atoms with van der Waals surface area (Å²) in [6.07, 6.45) is 2.89. The Labute approximate surface area is 143 Å². The summed E-state index contributed by atoms with van der Waals surface area (Å²) in [6, 6.07) is 5.51. The number of hydrogen-bond acceptors (Lipinski definition) is 3. The lowest BCUT2D eigenvalue weighted by atomic mass is 9.92. The third-order valence-corrected chi connectivity index (χ3v) is 3.53. The van der Waals surface area contributed by atoms with Crippen molar-refractivity contribution in [3.05, 3.63) is 48.4 Å². The summed E-state index contributed by atoms with van der Waals surface area (Å²) in [6.45, 7) is 5.86. The molecule has 0 saturated carbocycles. The highest BCUT2D eigenvalue weighted by molar-refractivity contribution is 5.94. The van der Waals surface area contributed by atoms with Gasteiger partial charge in [0.2, 0.25) is 11.9 Å². The fourth-order valence-electron chi connectivity index (χ4n) is 2.56. The van der Waals surface area contributed by atoms with Gasteiger partial charge in [0.15, 0.2) is 5.82 Å². The molecule has 0 bridgehead atoms. The summed E-state index contributed by atoms with van der Waals surface area (Å²) in [7, 11) is 0. The zero-order chi connectivity index (χ0) is 18.2. The third kappa shape index (κ3) is 3.81. The first kappa shape index (κ1) is 17.0. The molecule has 0 aliphatic heterocycles. The molecule has 0 aromatic carbocycles. The van der Waals surface area contributed by atoms with Crippen molar-refractivity contribution in [2.24, 2.45) is 5.41 Å². The molecule has 0 aliphatic carbocycles. The fourth-order valence-corrected chi connectivity index (χ4v) is 2.56. The van der Waals surface area contributed by atoms with Crippen molar-refractivity contribution in [2.75, 3.05) is 5.32 Å². The molecule has 5 nitrogen and oxygen atoms in total. The largest absolute Gasteiger partial charge is 0.309 e. The highest BCUT2D eigenvalue weighted by Crippen LogP contribution is 2.30. The van der Waals surface area contributed by atoms with E-state index in [0.29, 0.717) is 23.3 Å². The molecule has 0 atom stereocenters. The molecule has 7 heteroatoms. The minimum absolute atomic E-state index is 0.188.